The minimum atomic E-state index is -3.82. The molecule has 0 fully saturated rings. The summed E-state index contributed by atoms with van der Waals surface area (Å²) in [7, 11) is -3.82. The lowest BCUT2D eigenvalue weighted by atomic mass is 10.1. The SMILES string of the molecule is Cc1nc(NC(=O)CN(CC(C)C)S(=O)(=O)c2ccc3ccccc3c2)sc1C. The van der Waals surface area contributed by atoms with Crippen molar-refractivity contribution in [3.05, 3.63) is 53.0 Å². The van der Waals surface area contributed by atoms with Gasteiger partial charge in [-0.15, -0.1) is 11.3 Å². The molecule has 29 heavy (non-hydrogen) atoms. The van der Waals surface area contributed by atoms with Crippen LogP contribution in [0.15, 0.2) is 47.4 Å². The highest BCUT2D eigenvalue weighted by atomic mass is 32.2. The Balaban J connectivity index is 1.86. The Labute approximate surface area is 175 Å². The molecular weight excluding hydrogens is 406 g/mol. The van der Waals surface area contributed by atoms with E-state index in [0.29, 0.717) is 5.13 Å². The van der Waals surface area contributed by atoms with Crippen LogP contribution in [0.1, 0.15) is 24.4 Å². The molecule has 6 nitrogen and oxygen atoms in total. The lowest BCUT2D eigenvalue weighted by Gasteiger charge is -2.23. The summed E-state index contributed by atoms with van der Waals surface area (Å²) in [5, 5.41) is 5.02. The Kier molecular flexibility index (Phi) is 6.36. The van der Waals surface area contributed by atoms with Crippen LogP contribution in [-0.2, 0) is 14.8 Å². The van der Waals surface area contributed by atoms with Crippen molar-refractivity contribution in [3.8, 4) is 0 Å². The molecule has 0 aliphatic heterocycles. The Hall–Kier alpha value is -2.29. The van der Waals surface area contributed by atoms with Gasteiger partial charge in [0.05, 0.1) is 17.1 Å². The zero-order chi connectivity index (χ0) is 21.2. The highest BCUT2D eigenvalue weighted by Gasteiger charge is 2.28. The molecule has 3 aromatic rings. The van der Waals surface area contributed by atoms with E-state index in [1.807, 2.05) is 52.0 Å². The van der Waals surface area contributed by atoms with Crippen LogP contribution in [0.4, 0.5) is 5.13 Å². The van der Waals surface area contributed by atoms with Crippen molar-refractivity contribution in [2.75, 3.05) is 18.4 Å². The van der Waals surface area contributed by atoms with E-state index < -0.39 is 15.9 Å². The van der Waals surface area contributed by atoms with E-state index in [-0.39, 0.29) is 23.9 Å². The molecule has 2 aromatic carbocycles. The number of amides is 1. The smallest absolute Gasteiger partial charge is 0.243 e. The fraction of sp³-hybridized carbons (Fsp3) is 0.333. The number of benzene rings is 2. The van der Waals surface area contributed by atoms with Crippen molar-refractivity contribution in [2.45, 2.75) is 32.6 Å². The van der Waals surface area contributed by atoms with Gasteiger partial charge in [0.25, 0.3) is 0 Å². The molecule has 1 aromatic heterocycles. The van der Waals surface area contributed by atoms with Crippen molar-refractivity contribution >= 4 is 43.2 Å². The summed E-state index contributed by atoms with van der Waals surface area (Å²) >= 11 is 1.38. The number of carbonyl (C=O) groups is 1. The van der Waals surface area contributed by atoms with Gasteiger partial charge in [-0.1, -0.05) is 44.2 Å². The number of anilines is 1. The topological polar surface area (TPSA) is 79.4 Å². The van der Waals surface area contributed by atoms with Crippen molar-refractivity contribution in [1.82, 2.24) is 9.29 Å². The van der Waals surface area contributed by atoms with Gasteiger partial charge in [-0.2, -0.15) is 4.31 Å². The van der Waals surface area contributed by atoms with Gasteiger partial charge >= 0.3 is 0 Å². The summed E-state index contributed by atoms with van der Waals surface area (Å²) in [6.45, 7) is 7.64. The molecule has 0 spiro atoms. The number of aromatic nitrogens is 1. The van der Waals surface area contributed by atoms with Gasteiger partial charge in [0.2, 0.25) is 15.9 Å². The first-order chi connectivity index (χ1) is 13.7. The summed E-state index contributed by atoms with van der Waals surface area (Å²) in [6.07, 6.45) is 0. The normalized spacial score (nSPS) is 12.1. The molecule has 1 heterocycles. The summed E-state index contributed by atoms with van der Waals surface area (Å²) in [5.74, 6) is -0.328. The average Bonchev–Trinajstić information content (AvgIpc) is 2.97. The number of fused-ring (bicyclic) bond motifs is 1. The quantitative estimate of drug-likeness (QED) is 0.608. The number of carbonyl (C=O) groups excluding carboxylic acids is 1. The second-order valence-corrected chi connectivity index (χ2v) is 10.6. The first-order valence-corrected chi connectivity index (χ1v) is 11.7. The molecule has 1 amide bonds. The van der Waals surface area contributed by atoms with Crippen molar-refractivity contribution in [3.63, 3.8) is 0 Å². The van der Waals surface area contributed by atoms with Gasteiger partial charge in [-0.25, -0.2) is 13.4 Å². The molecule has 0 saturated carbocycles. The first-order valence-electron chi connectivity index (χ1n) is 9.39. The summed E-state index contributed by atoms with van der Waals surface area (Å²) in [6, 6.07) is 12.6. The van der Waals surface area contributed by atoms with Crippen LogP contribution in [-0.4, -0.2) is 36.7 Å². The molecule has 0 aliphatic rings. The molecule has 0 saturated heterocycles. The number of nitrogens with one attached hydrogen (secondary N) is 1. The number of rotatable bonds is 7. The van der Waals surface area contributed by atoms with E-state index in [1.165, 1.54) is 15.6 Å². The fourth-order valence-corrected chi connectivity index (χ4v) is 5.40. The van der Waals surface area contributed by atoms with Gasteiger partial charge in [0, 0.05) is 11.4 Å². The van der Waals surface area contributed by atoms with E-state index in [9.17, 15) is 13.2 Å². The lowest BCUT2D eigenvalue weighted by Crippen LogP contribution is -2.40. The van der Waals surface area contributed by atoms with Crippen molar-refractivity contribution < 1.29 is 13.2 Å². The van der Waals surface area contributed by atoms with Gasteiger partial charge < -0.3 is 5.32 Å². The van der Waals surface area contributed by atoms with Crippen LogP contribution in [0.5, 0.6) is 0 Å². The molecule has 8 heteroatoms. The fourth-order valence-electron chi connectivity index (χ4n) is 2.98. The maximum Gasteiger partial charge on any atom is 0.243 e. The second-order valence-electron chi connectivity index (χ2n) is 7.41. The summed E-state index contributed by atoms with van der Waals surface area (Å²) < 4.78 is 27.8. The van der Waals surface area contributed by atoms with E-state index in [1.54, 1.807) is 18.2 Å². The highest BCUT2D eigenvalue weighted by Crippen LogP contribution is 2.24. The Morgan fingerprint density at radius 3 is 2.45 bits per heavy atom. The molecule has 0 bridgehead atoms. The number of nitrogens with zero attached hydrogens (tertiary/aromatic N) is 2. The molecular formula is C21H25N3O3S2. The Morgan fingerprint density at radius 1 is 1.14 bits per heavy atom. The van der Waals surface area contributed by atoms with Crippen molar-refractivity contribution in [2.24, 2.45) is 5.92 Å². The molecule has 0 unspecified atom stereocenters. The third kappa shape index (κ3) is 5.01. The number of sulfonamides is 1. The monoisotopic (exact) mass is 431 g/mol. The minimum Gasteiger partial charge on any atom is -0.301 e. The van der Waals surface area contributed by atoms with E-state index in [0.717, 1.165) is 21.3 Å². The largest absolute Gasteiger partial charge is 0.301 e. The third-order valence-electron chi connectivity index (χ3n) is 4.52. The van der Waals surface area contributed by atoms with Crippen LogP contribution in [0, 0.1) is 19.8 Å². The molecule has 0 atom stereocenters. The summed E-state index contributed by atoms with van der Waals surface area (Å²) in [4.78, 5) is 18.1. The summed E-state index contributed by atoms with van der Waals surface area (Å²) in [5.41, 5.74) is 0.855. The number of hydrogen-bond acceptors (Lipinski definition) is 5. The second kappa shape index (κ2) is 8.61. The molecule has 0 radical (unpaired) electrons. The van der Waals surface area contributed by atoms with Crippen LogP contribution in [0.2, 0.25) is 0 Å². The minimum absolute atomic E-state index is 0.0717. The maximum atomic E-state index is 13.3. The predicted molar refractivity (Wildman–Crippen MR) is 118 cm³/mol. The predicted octanol–water partition coefficient (Wildman–Crippen LogP) is 4.20. The van der Waals surface area contributed by atoms with Gasteiger partial charge in [0.1, 0.15) is 0 Å². The number of thiazole rings is 1. The zero-order valence-corrected chi connectivity index (χ0v) is 18.6. The van der Waals surface area contributed by atoms with Crippen LogP contribution >= 0.6 is 11.3 Å². The molecule has 1 N–H and O–H groups in total. The molecule has 3 rings (SSSR count). The highest BCUT2D eigenvalue weighted by molar-refractivity contribution is 7.89. The first kappa shape index (κ1) is 21.4. The van der Waals surface area contributed by atoms with Gasteiger partial charge in [-0.05, 0) is 42.7 Å². The van der Waals surface area contributed by atoms with Crippen LogP contribution < -0.4 is 5.32 Å². The van der Waals surface area contributed by atoms with E-state index >= 15 is 0 Å². The van der Waals surface area contributed by atoms with Crippen molar-refractivity contribution in [1.29, 1.82) is 0 Å². The lowest BCUT2D eigenvalue weighted by molar-refractivity contribution is -0.116. The number of aryl methyl sites for hydroxylation is 2. The Morgan fingerprint density at radius 2 is 1.83 bits per heavy atom. The standard InChI is InChI=1S/C21H25N3O3S2/c1-14(2)12-24(13-20(25)23-21-22-15(3)16(4)28-21)29(26,27)19-10-9-17-7-5-6-8-18(17)11-19/h5-11,14H,12-13H2,1-4H3,(H,22,23,25). The van der Waals surface area contributed by atoms with E-state index in [2.05, 4.69) is 10.3 Å². The molecule has 154 valence electrons. The van der Waals surface area contributed by atoms with E-state index in [4.69, 9.17) is 0 Å². The van der Waals surface area contributed by atoms with Gasteiger partial charge in [0.15, 0.2) is 5.13 Å². The third-order valence-corrected chi connectivity index (χ3v) is 7.32. The average molecular weight is 432 g/mol. The zero-order valence-electron chi connectivity index (χ0n) is 17.0. The van der Waals surface area contributed by atoms with Crippen LogP contribution in [0.25, 0.3) is 10.8 Å². The number of hydrogen-bond donors (Lipinski definition) is 1. The Bertz CT molecular complexity index is 1120. The maximum absolute atomic E-state index is 13.3. The van der Waals surface area contributed by atoms with Gasteiger partial charge in [-0.3, -0.25) is 4.79 Å². The van der Waals surface area contributed by atoms with Crippen LogP contribution in [0.3, 0.4) is 0 Å². The molecule has 0 aliphatic carbocycles.